The Bertz CT molecular complexity index is 171. The first kappa shape index (κ1) is 8.09. The molecule has 2 nitrogen and oxygen atoms in total. The molecule has 2 aliphatic carbocycles. The molecule has 0 atom stereocenters. The van der Waals surface area contributed by atoms with Crippen molar-refractivity contribution >= 4 is 5.91 Å². The lowest BCUT2D eigenvalue weighted by Crippen LogP contribution is -2.25. The minimum atomic E-state index is 0.297. The molecule has 0 saturated heterocycles. The maximum absolute atomic E-state index is 11.2. The van der Waals surface area contributed by atoms with E-state index in [2.05, 4.69) is 5.32 Å². The zero-order valence-corrected chi connectivity index (χ0v) is 7.51. The van der Waals surface area contributed by atoms with Crippen molar-refractivity contribution in [3.63, 3.8) is 0 Å². The van der Waals surface area contributed by atoms with E-state index in [1.807, 2.05) is 0 Å². The van der Waals surface area contributed by atoms with Gasteiger partial charge in [0, 0.05) is 12.5 Å². The zero-order valence-electron chi connectivity index (χ0n) is 7.51. The van der Waals surface area contributed by atoms with Gasteiger partial charge in [-0.1, -0.05) is 12.8 Å². The average Bonchev–Trinajstić information content (AvgIpc) is 2.85. The molecule has 1 amide bonds. The van der Waals surface area contributed by atoms with E-state index in [0.29, 0.717) is 11.8 Å². The lowest BCUT2D eigenvalue weighted by atomic mass is 10.2. The number of hydrogen-bond donors (Lipinski definition) is 1. The van der Waals surface area contributed by atoms with Crippen molar-refractivity contribution in [1.29, 1.82) is 0 Å². The normalized spacial score (nSPS) is 22.3. The van der Waals surface area contributed by atoms with Gasteiger partial charge < -0.3 is 5.32 Å². The van der Waals surface area contributed by atoms with E-state index in [-0.39, 0.29) is 0 Å². The van der Waals surface area contributed by atoms with Gasteiger partial charge in [0.05, 0.1) is 0 Å². The number of carbonyl (C=O) groups is 1. The second kappa shape index (κ2) is 3.46. The number of nitrogens with one attached hydrogen (secondary N) is 1. The number of carbonyl (C=O) groups excluding carboxylic acids is 1. The SMILES string of the molecule is O=C(NCCCC1CC1)C1CC1. The molecular formula is C10H17NO. The monoisotopic (exact) mass is 167 g/mol. The molecular weight excluding hydrogens is 150 g/mol. The quantitative estimate of drug-likeness (QED) is 0.620. The minimum absolute atomic E-state index is 0.297. The van der Waals surface area contributed by atoms with Crippen LogP contribution in [0.4, 0.5) is 0 Å². The second-order valence-electron chi connectivity index (χ2n) is 4.15. The lowest BCUT2D eigenvalue weighted by molar-refractivity contribution is -0.122. The van der Waals surface area contributed by atoms with Crippen molar-refractivity contribution in [3.05, 3.63) is 0 Å². The third kappa shape index (κ3) is 2.50. The van der Waals surface area contributed by atoms with Gasteiger partial charge >= 0.3 is 0 Å². The van der Waals surface area contributed by atoms with Gasteiger partial charge in [-0.2, -0.15) is 0 Å². The molecule has 2 rings (SSSR count). The summed E-state index contributed by atoms with van der Waals surface area (Å²) >= 11 is 0. The van der Waals surface area contributed by atoms with Gasteiger partial charge in [-0.25, -0.2) is 0 Å². The van der Waals surface area contributed by atoms with Crippen LogP contribution in [0.3, 0.4) is 0 Å². The van der Waals surface area contributed by atoms with Gasteiger partial charge in [0.15, 0.2) is 0 Å². The molecule has 2 saturated carbocycles. The fourth-order valence-corrected chi connectivity index (χ4v) is 1.50. The average molecular weight is 167 g/mol. The second-order valence-corrected chi connectivity index (χ2v) is 4.15. The van der Waals surface area contributed by atoms with Crippen LogP contribution in [0, 0.1) is 11.8 Å². The van der Waals surface area contributed by atoms with E-state index in [9.17, 15) is 4.79 Å². The van der Waals surface area contributed by atoms with Gasteiger partial charge in [-0.3, -0.25) is 4.79 Å². The first-order valence-electron chi connectivity index (χ1n) is 5.14. The third-order valence-corrected chi connectivity index (χ3v) is 2.73. The van der Waals surface area contributed by atoms with Crippen molar-refractivity contribution in [2.24, 2.45) is 11.8 Å². The molecule has 0 bridgehead atoms. The van der Waals surface area contributed by atoms with Gasteiger partial charge in [0.1, 0.15) is 0 Å². The highest BCUT2D eigenvalue weighted by molar-refractivity contribution is 5.80. The smallest absolute Gasteiger partial charge is 0.223 e. The van der Waals surface area contributed by atoms with Crippen LogP contribution < -0.4 is 5.32 Å². The molecule has 0 aromatic carbocycles. The van der Waals surface area contributed by atoms with Crippen LogP contribution in [0.1, 0.15) is 38.5 Å². The summed E-state index contributed by atoms with van der Waals surface area (Å²) in [4.78, 5) is 11.2. The van der Waals surface area contributed by atoms with E-state index < -0.39 is 0 Å². The molecule has 1 N–H and O–H groups in total. The number of hydrogen-bond acceptors (Lipinski definition) is 1. The maximum Gasteiger partial charge on any atom is 0.223 e. The molecule has 12 heavy (non-hydrogen) atoms. The third-order valence-electron chi connectivity index (χ3n) is 2.73. The molecule has 2 aliphatic rings. The first-order valence-corrected chi connectivity index (χ1v) is 5.14. The van der Waals surface area contributed by atoms with Crippen LogP contribution in [0.25, 0.3) is 0 Å². The highest BCUT2D eigenvalue weighted by atomic mass is 16.2. The predicted molar refractivity (Wildman–Crippen MR) is 47.7 cm³/mol. The molecule has 0 unspecified atom stereocenters. The Morgan fingerprint density at radius 2 is 2.00 bits per heavy atom. The topological polar surface area (TPSA) is 29.1 Å². The Morgan fingerprint density at radius 3 is 2.58 bits per heavy atom. The predicted octanol–water partition coefficient (Wildman–Crippen LogP) is 1.70. The standard InChI is InChI=1S/C10H17NO/c12-10(9-5-6-9)11-7-1-2-8-3-4-8/h8-9H,1-7H2,(H,11,12). The van der Waals surface area contributed by atoms with E-state index in [0.717, 1.165) is 25.3 Å². The van der Waals surface area contributed by atoms with Crippen molar-refractivity contribution in [2.75, 3.05) is 6.54 Å². The zero-order chi connectivity index (χ0) is 8.39. The first-order chi connectivity index (χ1) is 5.86. The lowest BCUT2D eigenvalue weighted by Gasteiger charge is -2.02. The minimum Gasteiger partial charge on any atom is -0.356 e. The molecule has 0 aromatic heterocycles. The molecule has 0 aromatic rings. The van der Waals surface area contributed by atoms with Crippen molar-refractivity contribution in [2.45, 2.75) is 38.5 Å². The summed E-state index contributed by atoms with van der Waals surface area (Å²) < 4.78 is 0. The van der Waals surface area contributed by atoms with Crippen molar-refractivity contribution < 1.29 is 4.79 Å². The molecule has 2 fully saturated rings. The molecule has 0 spiro atoms. The number of amides is 1. The number of rotatable bonds is 5. The summed E-state index contributed by atoms with van der Waals surface area (Å²) in [5, 5.41) is 2.99. The van der Waals surface area contributed by atoms with Crippen LogP contribution in [0.2, 0.25) is 0 Å². The summed E-state index contributed by atoms with van der Waals surface area (Å²) in [7, 11) is 0. The fourth-order valence-electron chi connectivity index (χ4n) is 1.50. The van der Waals surface area contributed by atoms with Crippen molar-refractivity contribution in [3.8, 4) is 0 Å². The van der Waals surface area contributed by atoms with E-state index in [1.165, 1.54) is 25.7 Å². The Kier molecular flexibility index (Phi) is 2.33. The summed E-state index contributed by atoms with van der Waals surface area (Å²) in [6.45, 7) is 0.909. The summed E-state index contributed by atoms with van der Waals surface area (Å²) in [6.07, 6.45) is 7.60. The Balaban J connectivity index is 1.46. The highest BCUT2D eigenvalue weighted by Crippen LogP contribution is 2.33. The van der Waals surface area contributed by atoms with E-state index in [1.54, 1.807) is 0 Å². The fraction of sp³-hybridized carbons (Fsp3) is 0.900. The van der Waals surface area contributed by atoms with E-state index >= 15 is 0 Å². The maximum atomic E-state index is 11.2. The van der Waals surface area contributed by atoms with Gasteiger partial charge in [0.2, 0.25) is 5.91 Å². The molecule has 2 heteroatoms. The molecule has 0 heterocycles. The summed E-state index contributed by atoms with van der Waals surface area (Å²) in [5.41, 5.74) is 0. The summed E-state index contributed by atoms with van der Waals surface area (Å²) in [6, 6.07) is 0. The largest absolute Gasteiger partial charge is 0.356 e. The molecule has 0 aliphatic heterocycles. The Morgan fingerprint density at radius 1 is 1.25 bits per heavy atom. The van der Waals surface area contributed by atoms with E-state index in [4.69, 9.17) is 0 Å². The Hall–Kier alpha value is -0.530. The van der Waals surface area contributed by atoms with Crippen LogP contribution in [-0.4, -0.2) is 12.5 Å². The van der Waals surface area contributed by atoms with Gasteiger partial charge in [0.25, 0.3) is 0 Å². The summed E-state index contributed by atoms with van der Waals surface area (Å²) in [5.74, 6) is 1.68. The van der Waals surface area contributed by atoms with Gasteiger partial charge in [-0.05, 0) is 31.6 Å². The molecule has 68 valence electrons. The van der Waals surface area contributed by atoms with Crippen LogP contribution in [-0.2, 0) is 4.79 Å². The van der Waals surface area contributed by atoms with Gasteiger partial charge in [-0.15, -0.1) is 0 Å². The Labute approximate surface area is 73.7 Å². The van der Waals surface area contributed by atoms with Crippen LogP contribution >= 0.6 is 0 Å². The highest BCUT2D eigenvalue weighted by Gasteiger charge is 2.29. The van der Waals surface area contributed by atoms with Crippen molar-refractivity contribution in [1.82, 2.24) is 5.32 Å². The molecule has 0 radical (unpaired) electrons. The van der Waals surface area contributed by atoms with Crippen LogP contribution in [0.5, 0.6) is 0 Å². The van der Waals surface area contributed by atoms with Crippen LogP contribution in [0.15, 0.2) is 0 Å².